The molecule has 108 valence electrons. The van der Waals surface area contributed by atoms with Crippen molar-refractivity contribution >= 4 is 5.97 Å². The van der Waals surface area contributed by atoms with Crippen LogP contribution in [0.25, 0.3) is 11.4 Å². The zero-order chi connectivity index (χ0) is 14.7. The van der Waals surface area contributed by atoms with Gasteiger partial charge in [-0.3, -0.25) is 0 Å². The zero-order valence-electron chi connectivity index (χ0n) is 12.6. The fourth-order valence-electron chi connectivity index (χ4n) is 2.62. The van der Waals surface area contributed by atoms with Crippen LogP contribution in [0.2, 0.25) is 0 Å². The van der Waals surface area contributed by atoms with E-state index in [2.05, 4.69) is 23.8 Å². The number of carbonyl (C=O) groups excluding carboxylic acids is 1. The third-order valence-electron chi connectivity index (χ3n) is 3.62. The van der Waals surface area contributed by atoms with Gasteiger partial charge in [-0.15, -0.1) is 0 Å². The summed E-state index contributed by atoms with van der Waals surface area (Å²) in [5, 5.41) is 0. The van der Waals surface area contributed by atoms with E-state index in [1.165, 1.54) is 11.1 Å². The smallest absolute Gasteiger partial charge is 0.340 e. The van der Waals surface area contributed by atoms with Crippen LogP contribution < -0.4 is 0 Å². The first-order chi connectivity index (χ1) is 9.63. The second-order valence-electron chi connectivity index (χ2n) is 4.82. The maximum absolute atomic E-state index is 12.1. The van der Waals surface area contributed by atoms with E-state index >= 15 is 0 Å². The molecule has 2 N–H and O–H groups in total. The van der Waals surface area contributed by atoms with Crippen LogP contribution in [-0.2, 0) is 17.6 Å². The second-order valence-corrected chi connectivity index (χ2v) is 4.82. The lowest BCUT2D eigenvalue weighted by molar-refractivity contribution is 0.0526. The van der Waals surface area contributed by atoms with E-state index in [0.29, 0.717) is 12.2 Å². The minimum absolute atomic E-state index is 0.268. The number of carbonyl (C=O) groups is 1. The van der Waals surface area contributed by atoms with E-state index in [1.807, 2.05) is 26.2 Å². The molecule has 0 aromatic carbocycles. The number of esters is 1. The lowest BCUT2D eigenvalue weighted by atomic mass is 10.0. The molecule has 4 nitrogen and oxygen atoms in total. The topological polar surface area (TPSA) is 57.9 Å². The monoisotopic (exact) mass is 274 g/mol. The standard InChI is InChI=1S/C16H22N2O2/c1-5-11-9-18-14(12(11)6-2)15-13(10(4)8-17-15)16(19)20-7-3/h8-9,17-18H,5-7H2,1-4H3. The van der Waals surface area contributed by atoms with Crippen LogP contribution in [0.15, 0.2) is 12.4 Å². The molecule has 2 aromatic rings. The molecule has 4 heteroatoms. The number of nitrogens with one attached hydrogen (secondary N) is 2. The molecule has 2 heterocycles. The number of aromatic amines is 2. The molecule has 2 rings (SSSR count). The van der Waals surface area contributed by atoms with Crippen molar-refractivity contribution < 1.29 is 9.53 Å². The van der Waals surface area contributed by atoms with E-state index in [9.17, 15) is 4.79 Å². The summed E-state index contributed by atoms with van der Waals surface area (Å²) in [6.45, 7) is 8.39. The third-order valence-corrected chi connectivity index (χ3v) is 3.62. The molecule has 0 saturated carbocycles. The lowest BCUT2D eigenvalue weighted by Crippen LogP contribution is -2.07. The Bertz CT molecular complexity index is 608. The first-order valence-electron chi connectivity index (χ1n) is 7.18. The lowest BCUT2D eigenvalue weighted by Gasteiger charge is -2.07. The number of hydrogen-bond acceptors (Lipinski definition) is 2. The summed E-state index contributed by atoms with van der Waals surface area (Å²) < 4.78 is 5.16. The Morgan fingerprint density at radius 1 is 1.10 bits per heavy atom. The summed E-state index contributed by atoms with van der Waals surface area (Å²) in [5.74, 6) is -0.268. The largest absolute Gasteiger partial charge is 0.462 e. The molecule has 0 unspecified atom stereocenters. The van der Waals surface area contributed by atoms with Crippen LogP contribution in [0.3, 0.4) is 0 Å². The highest BCUT2D eigenvalue weighted by Crippen LogP contribution is 2.30. The SMILES string of the molecule is CCOC(=O)c1c(C)c[nH]c1-c1[nH]cc(CC)c1CC. The Balaban J connectivity index is 2.54. The van der Waals surface area contributed by atoms with Crippen LogP contribution >= 0.6 is 0 Å². The molecule has 0 aliphatic carbocycles. The van der Waals surface area contributed by atoms with Crippen LogP contribution in [0.1, 0.15) is 47.8 Å². The Hall–Kier alpha value is -1.97. The number of rotatable bonds is 5. The highest BCUT2D eigenvalue weighted by molar-refractivity contribution is 5.98. The van der Waals surface area contributed by atoms with Gasteiger partial charge < -0.3 is 14.7 Å². The first kappa shape index (κ1) is 14.4. The predicted molar refractivity (Wildman–Crippen MR) is 80.0 cm³/mol. The molecule has 20 heavy (non-hydrogen) atoms. The summed E-state index contributed by atoms with van der Waals surface area (Å²) in [6, 6.07) is 0. The fourth-order valence-corrected chi connectivity index (χ4v) is 2.62. The fraction of sp³-hybridized carbons (Fsp3) is 0.438. The van der Waals surface area contributed by atoms with Crippen LogP contribution in [0, 0.1) is 6.92 Å². The third kappa shape index (κ3) is 2.38. The molecule has 0 aliphatic heterocycles. The van der Waals surface area contributed by atoms with Crippen molar-refractivity contribution in [2.45, 2.75) is 40.5 Å². The Morgan fingerprint density at radius 3 is 2.40 bits per heavy atom. The van der Waals surface area contributed by atoms with Crippen molar-refractivity contribution in [3.05, 3.63) is 34.6 Å². The van der Waals surface area contributed by atoms with Gasteiger partial charge in [-0.1, -0.05) is 13.8 Å². The van der Waals surface area contributed by atoms with Gasteiger partial charge in [0, 0.05) is 12.4 Å². The molecule has 0 atom stereocenters. The van der Waals surface area contributed by atoms with E-state index in [4.69, 9.17) is 4.74 Å². The van der Waals surface area contributed by atoms with Gasteiger partial charge in [0.05, 0.1) is 23.6 Å². The molecule has 0 aliphatic rings. The van der Waals surface area contributed by atoms with Crippen molar-refractivity contribution in [3.63, 3.8) is 0 Å². The minimum Gasteiger partial charge on any atom is -0.462 e. The Kier molecular flexibility index (Phi) is 4.32. The van der Waals surface area contributed by atoms with Gasteiger partial charge in [-0.25, -0.2) is 4.79 Å². The van der Waals surface area contributed by atoms with Crippen molar-refractivity contribution in [1.29, 1.82) is 0 Å². The summed E-state index contributed by atoms with van der Waals surface area (Å²) in [7, 11) is 0. The summed E-state index contributed by atoms with van der Waals surface area (Å²) in [4.78, 5) is 18.7. The van der Waals surface area contributed by atoms with Crippen LogP contribution in [-0.4, -0.2) is 22.5 Å². The highest BCUT2D eigenvalue weighted by Gasteiger charge is 2.22. The highest BCUT2D eigenvalue weighted by atomic mass is 16.5. The number of ether oxygens (including phenoxy) is 1. The summed E-state index contributed by atoms with van der Waals surface area (Å²) >= 11 is 0. The minimum atomic E-state index is -0.268. The Labute approximate surface area is 119 Å². The zero-order valence-corrected chi connectivity index (χ0v) is 12.6. The molecule has 0 saturated heterocycles. The Morgan fingerprint density at radius 2 is 1.80 bits per heavy atom. The molecular weight excluding hydrogens is 252 g/mol. The van der Waals surface area contributed by atoms with Crippen LogP contribution in [0.5, 0.6) is 0 Å². The van der Waals surface area contributed by atoms with Gasteiger partial charge in [-0.2, -0.15) is 0 Å². The normalized spacial score (nSPS) is 10.8. The van der Waals surface area contributed by atoms with Gasteiger partial charge >= 0.3 is 5.97 Å². The molecule has 0 radical (unpaired) electrons. The molecule has 2 aromatic heterocycles. The molecule has 0 bridgehead atoms. The quantitative estimate of drug-likeness (QED) is 0.818. The van der Waals surface area contributed by atoms with Crippen LogP contribution in [0.4, 0.5) is 0 Å². The number of H-pyrrole nitrogens is 2. The van der Waals surface area contributed by atoms with E-state index < -0.39 is 0 Å². The molecular formula is C16H22N2O2. The number of aromatic nitrogens is 2. The van der Waals surface area contributed by atoms with Crippen molar-refractivity contribution in [2.75, 3.05) is 6.61 Å². The second kappa shape index (κ2) is 5.99. The first-order valence-corrected chi connectivity index (χ1v) is 7.18. The molecule has 0 amide bonds. The van der Waals surface area contributed by atoms with E-state index in [1.54, 1.807) is 0 Å². The van der Waals surface area contributed by atoms with Crippen molar-refractivity contribution in [3.8, 4) is 11.4 Å². The average Bonchev–Trinajstić information content (AvgIpc) is 3.01. The maximum atomic E-state index is 12.1. The van der Waals surface area contributed by atoms with Gasteiger partial charge in [0.15, 0.2) is 0 Å². The van der Waals surface area contributed by atoms with E-state index in [0.717, 1.165) is 29.8 Å². The van der Waals surface area contributed by atoms with Gasteiger partial charge in [0.2, 0.25) is 0 Å². The number of aryl methyl sites for hydroxylation is 2. The summed E-state index contributed by atoms with van der Waals surface area (Å²) in [5.41, 5.74) is 5.93. The van der Waals surface area contributed by atoms with E-state index in [-0.39, 0.29) is 5.97 Å². The molecule has 0 spiro atoms. The van der Waals surface area contributed by atoms with Gasteiger partial charge in [0.1, 0.15) is 0 Å². The maximum Gasteiger partial charge on any atom is 0.340 e. The van der Waals surface area contributed by atoms with Gasteiger partial charge in [0.25, 0.3) is 0 Å². The van der Waals surface area contributed by atoms with Crippen molar-refractivity contribution in [2.24, 2.45) is 0 Å². The summed E-state index contributed by atoms with van der Waals surface area (Å²) in [6.07, 6.45) is 5.79. The van der Waals surface area contributed by atoms with Crippen molar-refractivity contribution in [1.82, 2.24) is 9.97 Å². The molecule has 0 fully saturated rings. The number of hydrogen-bond donors (Lipinski definition) is 2. The average molecular weight is 274 g/mol. The predicted octanol–water partition coefficient (Wildman–Crippen LogP) is 3.62. The van der Waals surface area contributed by atoms with Gasteiger partial charge in [-0.05, 0) is 43.4 Å².